The predicted octanol–water partition coefficient (Wildman–Crippen LogP) is 5.10. The molecule has 39 heavy (non-hydrogen) atoms. The number of phenolic OH excluding ortho intramolecular Hbond substituents is 1. The number of hydrogen-bond acceptors (Lipinski definition) is 9. The third kappa shape index (κ3) is 10.9. The molecule has 4 unspecified atom stereocenters. The maximum atomic E-state index is 12.7. The highest BCUT2D eigenvalue weighted by Crippen LogP contribution is 2.19. The number of benzene rings is 2. The Morgan fingerprint density at radius 3 is 1.46 bits per heavy atom. The first kappa shape index (κ1) is 30.8. The van der Waals surface area contributed by atoms with Gasteiger partial charge in [0.1, 0.15) is 30.2 Å². The molecule has 208 valence electrons. The molecule has 0 aliphatic carbocycles. The molecule has 0 aromatic heterocycles. The van der Waals surface area contributed by atoms with E-state index in [2.05, 4.69) is 0 Å². The van der Waals surface area contributed by atoms with Crippen LogP contribution >= 0.6 is 0 Å². The standard InChI is InChI=1S/C30H34O9/c1-18-8-7-9-24(14-18)28(33)37-20(3)12-13-22(5)39-30(35)26-15-25(16-27(32)17-26)29(34)38-21(4)11-10-19(2)36-23(6)31/h7-17,19-22,32H,1-6H3/b11-10+,13-12+. The molecule has 0 aliphatic rings. The highest BCUT2D eigenvalue weighted by Gasteiger charge is 2.18. The molecule has 0 saturated carbocycles. The summed E-state index contributed by atoms with van der Waals surface area (Å²) in [5, 5.41) is 10.1. The van der Waals surface area contributed by atoms with Crippen LogP contribution in [0.15, 0.2) is 66.8 Å². The highest BCUT2D eigenvalue weighted by molar-refractivity contribution is 5.96. The van der Waals surface area contributed by atoms with Gasteiger partial charge in [-0.3, -0.25) is 4.79 Å². The molecule has 9 heteroatoms. The Morgan fingerprint density at radius 1 is 0.641 bits per heavy atom. The number of phenols is 1. The van der Waals surface area contributed by atoms with E-state index >= 15 is 0 Å². The van der Waals surface area contributed by atoms with Gasteiger partial charge in [-0.1, -0.05) is 17.7 Å². The SMILES string of the molecule is CC(=O)OC(C)/C=C/C(C)OC(=O)c1cc(O)cc(C(=O)OC(C)/C=C/C(C)OC(=O)c2cccc(C)c2)c1. The summed E-state index contributed by atoms with van der Waals surface area (Å²) < 4.78 is 21.1. The van der Waals surface area contributed by atoms with Crippen LogP contribution in [0.1, 0.15) is 71.3 Å². The molecule has 0 spiro atoms. The van der Waals surface area contributed by atoms with E-state index in [0.717, 1.165) is 5.56 Å². The second kappa shape index (κ2) is 14.5. The van der Waals surface area contributed by atoms with Crippen molar-refractivity contribution in [2.75, 3.05) is 0 Å². The molecular formula is C30H34O9. The zero-order chi connectivity index (χ0) is 29.1. The van der Waals surface area contributed by atoms with Gasteiger partial charge in [0.25, 0.3) is 0 Å². The first-order valence-corrected chi connectivity index (χ1v) is 12.4. The zero-order valence-corrected chi connectivity index (χ0v) is 22.9. The molecule has 2 aromatic rings. The van der Waals surface area contributed by atoms with E-state index < -0.39 is 48.3 Å². The predicted molar refractivity (Wildman–Crippen MR) is 143 cm³/mol. The normalized spacial score (nSPS) is 14.3. The van der Waals surface area contributed by atoms with E-state index in [-0.39, 0.29) is 16.9 Å². The largest absolute Gasteiger partial charge is 0.508 e. The van der Waals surface area contributed by atoms with Crippen LogP contribution in [0.3, 0.4) is 0 Å². The Kier molecular flexibility index (Phi) is 11.5. The number of aryl methyl sites for hydroxylation is 1. The maximum Gasteiger partial charge on any atom is 0.338 e. The summed E-state index contributed by atoms with van der Waals surface area (Å²) >= 11 is 0. The third-order valence-corrected chi connectivity index (χ3v) is 5.18. The summed E-state index contributed by atoms with van der Waals surface area (Å²) in [6.45, 7) is 9.74. The molecule has 0 fully saturated rings. The Bertz CT molecular complexity index is 1240. The Morgan fingerprint density at radius 2 is 1.05 bits per heavy atom. The summed E-state index contributed by atoms with van der Waals surface area (Å²) in [4.78, 5) is 48.5. The third-order valence-electron chi connectivity index (χ3n) is 5.18. The Labute approximate surface area is 228 Å². The molecule has 0 saturated heterocycles. The van der Waals surface area contributed by atoms with Crippen molar-refractivity contribution in [3.05, 3.63) is 89.0 Å². The Hall–Kier alpha value is -4.40. The van der Waals surface area contributed by atoms with Crippen molar-refractivity contribution >= 4 is 23.9 Å². The summed E-state index contributed by atoms with van der Waals surface area (Å²) in [5.74, 6) is -2.76. The van der Waals surface area contributed by atoms with Crippen molar-refractivity contribution in [3.8, 4) is 5.75 Å². The van der Waals surface area contributed by atoms with Crippen LogP contribution in [-0.2, 0) is 23.7 Å². The van der Waals surface area contributed by atoms with Crippen LogP contribution in [-0.4, -0.2) is 53.4 Å². The van der Waals surface area contributed by atoms with Crippen LogP contribution in [0.4, 0.5) is 0 Å². The van der Waals surface area contributed by atoms with Gasteiger partial charge in [-0.15, -0.1) is 0 Å². The van der Waals surface area contributed by atoms with Crippen LogP contribution in [0.25, 0.3) is 0 Å². The number of carbonyl (C=O) groups is 4. The van der Waals surface area contributed by atoms with Gasteiger partial charge in [0.15, 0.2) is 0 Å². The van der Waals surface area contributed by atoms with E-state index in [1.54, 1.807) is 70.2 Å². The van der Waals surface area contributed by atoms with Crippen molar-refractivity contribution in [2.24, 2.45) is 0 Å². The number of esters is 4. The summed E-state index contributed by atoms with van der Waals surface area (Å²) in [7, 11) is 0. The van der Waals surface area contributed by atoms with Gasteiger partial charge in [-0.05, 0) is 89.3 Å². The summed E-state index contributed by atoms with van der Waals surface area (Å²) in [6, 6.07) is 10.6. The molecule has 0 bridgehead atoms. The Balaban J connectivity index is 1.96. The van der Waals surface area contributed by atoms with Gasteiger partial charge in [0.05, 0.1) is 16.7 Å². The quantitative estimate of drug-likeness (QED) is 0.236. The van der Waals surface area contributed by atoms with Crippen molar-refractivity contribution < 1.29 is 43.2 Å². The molecule has 1 N–H and O–H groups in total. The minimum atomic E-state index is -0.773. The van der Waals surface area contributed by atoms with E-state index in [1.807, 2.05) is 13.0 Å². The van der Waals surface area contributed by atoms with Crippen molar-refractivity contribution in [1.82, 2.24) is 0 Å². The van der Waals surface area contributed by atoms with Crippen molar-refractivity contribution in [3.63, 3.8) is 0 Å². The molecule has 0 aliphatic heterocycles. The van der Waals surface area contributed by atoms with Gasteiger partial charge in [0.2, 0.25) is 0 Å². The fourth-order valence-electron chi connectivity index (χ4n) is 3.37. The second-order valence-corrected chi connectivity index (χ2v) is 9.05. The molecule has 2 aromatic carbocycles. The van der Waals surface area contributed by atoms with Crippen molar-refractivity contribution in [1.29, 1.82) is 0 Å². The lowest BCUT2D eigenvalue weighted by Gasteiger charge is -2.14. The molecule has 2 rings (SSSR count). The first-order valence-electron chi connectivity index (χ1n) is 12.4. The molecule has 0 heterocycles. The lowest BCUT2D eigenvalue weighted by molar-refractivity contribution is -0.143. The van der Waals surface area contributed by atoms with E-state index in [4.69, 9.17) is 18.9 Å². The lowest BCUT2D eigenvalue weighted by Crippen LogP contribution is -2.17. The van der Waals surface area contributed by atoms with Crippen LogP contribution in [0.5, 0.6) is 5.75 Å². The van der Waals surface area contributed by atoms with Gasteiger partial charge < -0.3 is 24.1 Å². The molecule has 4 atom stereocenters. The number of carbonyl (C=O) groups excluding carboxylic acids is 4. The monoisotopic (exact) mass is 538 g/mol. The van der Waals surface area contributed by atoms with Crippen molar-refractivity contribution in [2.45, 2.75) is 66.0 Å². The summed E-state index contributed by atoms with van der Waals surface area (Å²) in [5.41, 5.74) is 1.28. The fourth-order valence-corrected chi connectivity index (χ4v) is 3.37. The van der Waals surface area contributed by atoms with Gasteiger partial charge >= 0.3 is 23.9 Å². The molecule has 9 nitrogen and oxygen atoms in total. The molecule has 0 radical (unpaired) electrons. The van der Waals surface area contributed by atoms with Gasteiger partial charge in [-0.2, -0.15) is 0 Å². The average Bonchev–Trinajstić information content (AvgIpc) is 2.85. The summed E-state index contributed by atoms with van der Waals surface area (Å²) in [6.07, 6.45) is 3.85. The number of hydrogen-bond donors (Lipinski definition) is 1. The number of rotatable bonds is 11. The maximum absolute atomic E-state index is 12.7. The minimum Gasteiger partial charge on any atom is -0.508 e. The van der Waals surface area contributed by atoms with Crippen LogP contribution in [0.2, 0.25) is 0 Å². The van der Waals surface area contributed by atoms with Gasteiger partial charge in [-0.25, -0.2) is 14.4 Å². The average molecular weight is 539 g/mol. The van der Waals surface area contributed by atoms with Crippen LogP contribution in [0, 0.1) is 6.92 Å². The van der Waals surface area contributed by atoms with Gasteiger partial charge in [0, 0.05) is 6.92 Å². The lowest BCUT2D eigenvalue weighted by atomic mass is 10.1. The number of aromatic hydroxyl groups is 1. The smallest absolute Gasteiger partial charge is 0.338 e. The topological polar surface area (TPSA) is 125 Å². The van der Waals surface area contributed by atoms with Crippen LogP contribution < -0.4 is 0 Å². The molecular weight excluding hydrogens is 504 g/mol. The fraction of sp³-hybridized carbons (Fsp3) is 0.333. The zero-order valence-electron chi connectivity index (χ0n) is 22.9. The number of ether oxygens (including phenoxy) is 4. The second-order valence-electron chi connectivity index (χ2n) is 9.05. The van der Waals surface area contributed by atoms with E-state index in [0.29, 0.717) is 5.56 Å². The minimum absolute atomic E-state index is 0.0462. The van der Waals surface area contributed by atoms with E-state index in [9.17, 15) is 24.3 Å². The molecule has 0 amide bonds. The first-order chi connectivity index (χ1) is 18.3. The highest BCUT2D eigenvalue weighted by atomic mass is 16.6. The van der Waals surface area contributed by atoms with E-state index in [1.165, 1.54) is 25.1 Å².